The lowest BCUT2D eigenvalue weighted by Gasteiger charge is -2.20. The Hall–Kier alpha value is -1.90. The fraction of sp³-hybridized carbons (Fsp3) is 0.333. The number of benzene rings is 2. The molecule has 0 aliphatic carbocycles. The average Bonchev–Trinajstić information content (AvgIpc) is 2.48. The Balaban J connectivity index is 2.19. The minimum atomic E-state index is -0.241. The summed E-state index contributed by atoms with van der Waals surface area (Å²) in [6.45, 7) is 3.88. The molecule has 0 heterocycles. The van der Waals surface area contributed by atoms with E-state index in [0.29, 0.717) is 5.56 Å². The van der Waals surface area contributed by atoms with E-state index in [4.69, 9.17) is 0 Å². The number of halogens is 2. The smallest absolute Gasteiger partial charge is 0.128 e. The van der Waals surface area contributed by atoms with Gasteiger partial charge in [0.25, 0.3) is 0 Å². The maximum atomic E-state index is 13.6. The molecule has 2 rings (SSSR count). The Morgan fingerprint density at radius 2 is 1.76 bits per heavy atom. The predicted octanol–water partition coefficient (Wildman–Crippen LogP) is 5.62. The first-order chi connectivity index (χ1) is 10.1. The van der Waals surface area contributed by atoms with Crippen LogP contribution >= 0.6 is 0 Å². The van der Waals surface area contributed by atoms with Crippen LogP contribution in [0.3, 0.4) is 0 Å². The molecule has 0 aliphatic rings. The summed E-state index contributed by atoms with van der Waals surface area (Å²) < 4.78 is 26.7. The van der Waals surface area contributed by atoms with Gasteiger partial charge < -0.3 is 5.32 Å². The maximum absolute atomic E-state index is 13.6. The van der Waals surface area contributed by atoms with Crippen molar-refractivity contribution >= 4 is 5.69 Å². The van der Waals surface area contributed by atoms with E-state index in [2.05, 4.69) is 12.2 Å². The standard InChI is InChI=1S/C18H21F2N/c1-3-4-5-18(14-7-9-15(19)10-8-14)21-16-11-6-13(2)17(20)12-16/h6-12,18,21H,3-5H2,1-2H3. The molecule has 0 fully saturated rings. The highest BCUT2D eigenvalue weighted by molar-refractivity contribution is 5.47. The number of aryl methyl sites for hydroxylation is 1. The molecule has 112 valence electrons. The molecule has 0 bridgehead atoms. The van der Waals surface area contributed by atoms with Crippen LogP contribution in [0.25, 0.3) is 0 Å². The molecule has 0 aromatic heterocycles. The van der Waals surface area contributed by atoms with Crippen LogP contribution in [0.1, 0.15) is 43.4 Å². The molecule has 0 radical (unpaired) electrons. The molecule has 0 saturated heterocycles. The number of hydrogen-bond donors (Lipinski definition) is 1. The first kappa shape index (κ1) is 15.5. The summed E-state index contributed by atoms with van der Waals surface area (Å²) in [6, 6.07) is 11.7. The molecule has 2 aromatic carbocycles. The van der Waals surface area contributed by atoms with Crippen molar-refractivity contribution in [2.75, 3.05) is 5.32 Å². The van der Waals surface area contributed by atoms with Gasteiger partial charge in [0.1, 0.15) is 11.6 Å². The van der Waals surface area contributed by atoms with Gasteiger partial charge in [0, 0.05) is 5.69 Å². The zero-order valence-corrected chi connectivity index (χ0v) is 12.5. The summed E-state index contributed by atoms with van der Waals surface area (Å²) in [5.41, 5.74) is 2.40. The summed E-state index contributed by atoms with van der Waals surface area (Å²) >= 11 is 0. The van der Waals surface area contributed by atoms with Gasteiger partial charge in [0.05, 0.1) is 6.04 Å². The predicted molar refractivity (Wildman–Crippen MR) is 83.4 cm³/mol. The lowest BCUT2D eigenvalue weighted by molar-refractivity contribution is 0.611. The van der Waals surface area contributed by atoms with E-state index >= 15 is 0 Å². The van der Waals surface area contributed by atoms with Gasteiger partial charge in [-0.3, -0.25) is 0 Å². The van der Waals surface area contributed by atoms with Gasteiger partial charge in [-0.1, -0.05) is 38.0 Å². The number of anilines is 1. The summed E-state index contributed by atoms with van der Waals surface area (Å²) in [4.78, 5) is 0. The Morgan fingerprint density at radius 1 is 1.05 bits per heavy atom. The van der Waals surface area contributed by atoms with Crippen molar-refractivity contribution in [3.8, 4) is 0 Å². The zero-order chi connectivity index (χ0) is 15.2. The number of hydrogen-bond acceptors (Lipinski definition) is 1. The zero-order valence-electron chi connectivity index (χ0n) is 12.5. The van der Waals surface area contributed by atoms with Gasteiger partial charge in [-0.25, -0.2) is 8.78 Å². The van der Waals surface area contributed by atoms with Crippen molar-refractivity contribution in [2.45, 2.75) is 39.2 Å². The lowest BCUT2D eigenvalue weighted by Crippen LogP contribution is -2.11. The normalized spacial score (nSPS) is 12.2. The van der Waals surface area contributed by atoms with E-state index in [9.17, 15) is 8.78 Å². The summed E-state index contributed by atoms with van der Waals surface area (Å²) in [5, 5.41) is 3.36. The summed E-state index contributed by atoms with van der Waals surface area (Å²) in [5.74, 6) is -0.456. The SMILES string of the molecule is CCCCC(Nc1ccc(C)c(F)c1)c1ccc(F)cc1. The van der Waals surface area contributed by atoms with Gasteiger partial charge >= 0.3 is 0 Å². The largest absolute Gasteiger partial charge is 0.378 e. The van der Waals surface area contributed by atoms with Crippen LogP contribution in [0.5, 0.6) is 0 Å². The van der Waals surface area contributed by atoms with Gasteiger partial charge in [-0.2, -0.15) is 0 Å². The van der Waals surface area contributed by atoms with E-state index in [1.54, 1.807) is 25.1 Å². The summed E-state index contributed by atoms with van der Waals surface area (Å²) in [6.07, 6.45) is 3.07. The molecule has 0 spiro atoms. The number of rotatable bonds is 6. The second kappa shape index (κ2) is 7.21. The monoisotopic (exact) mass is 289 g/mol. The van der Waals surface area contributed by atoms with Gasteiger partial charge in [0.2, 0.25) is 0 Å². The van der Waals surface area contributed by atoms with Crippen LogP contribution < -0.4 is 5.32 Å². The van der Waals surface area contributed by atoms with Crippen LogP contribution in [0.4, 0.5) is 14.5 Å². The van der Waals surface area contributed by atoms with Gasteiger partial charge in [-0.05, 0) is 48.7 Å². The second-order valence-corrected chi connectivity index (χ2v) is 5.35. The van der Waals surface area contributed by atoms with E-state index < -0.39 is 0 Å². The molecule has 1 unspecified atom stereocenters. The Bertz CT molecular complexity index is 578. The molecule has 1 nitrogen and oxygen atoms in total. The van der Waals surface area contributed by atoms with Crippen LogP contribution in [-0.2, 0) is 0 Å². The van der Waals surface area contributed by atoms with E-state index in [0.717, 1.165) is 30.5 Å². The Morgan fingerprint density at radius 3 is 2.38 bits per heavy atom. The van der Waals surface area contributed by atoms with Crippen LogP contribution in [0.15, 0.2) is 42.5 Å². The van der Waals surface area contributed by atoms with Crippen molar-refractivity contribution in [2.24, 2.45) is 0 Å². The number of nitrogens with one attached hydrogen (secondary N) is 1. The molecule has 0 saturated carbocycles. The third kappa shape index (κ3) is 4.28. The molecule has 2 aromatic rings. The molecular weight excluding hydrogens is 268 g/mol. The fourth-order valence-electron chi connectivity index (χ4n) is 2.31. The minimum absolute atomic E-state index is 0.0626. The van der Waals surface area contributed by atoms with Crippen molar-refractivity contribution in [1.29, 1.82) is 0 Å². The summed E-state index contributed by atoms with van der Waals surface area (Å²) in [7, 11) is 0. The quantitative estimate of drug-likeness (QED) is 0.728. The van der Waals surface area contributed by atoms with Gasteiger partial charge in [0.15, 0.2) is 0 Å². The molecule has 0 aliphatic heterocycles. The van der Waals surface area contributed by atoms with Crippen molar-refractivity contribution in [3.05, 3.63) is 65.2 Å². The Labute approximate surface area is 125 Å². The number of unbranched alkanes of at least 4 members (excludes halogenated alkanes) is 1. The first-order valence-corrected chi connectivity index (χ1v) is 7.38. The first-order valence-electron chi connectivity index (χ1n) is 7.38. The highest BCUT2D eigenvalue weighted by Gasteiger charge is 2.12. The molecule has 1 N–H and O–H groups in total. The van der Waals surface area contributed by atoms with E-state index in [1.165, 1.54) is 18.2 Å². The van der Waals surface area contributed by atoms with Gasteiger partial charge in [-0.15, -0.1) is 0 Å². The van der Waals surface area contributed by atoms with Crippen molar-refractivity contribution < 1.29 is 8.78 Å². The molecule has 0 amide bonds. The van der Waals surface area contributed by atoms with Crippen LogP contribution in [0.2, 0.25) is 0 Å². The topological polar surface area (TPSA) is 12.0 Å². The van der Waals surface area contributed by atoms with Crippen molar-refractivity contribution in [3.63, 3.8) is 0 Å². The molecule has 3 heteroatoms. The molecule has 21 heavy (non-hydrogen) atoms. The van der Waals surface area contributed by atoms with Crippen LogP contribution in [-0.4, -0.2) is 0 Å². The third-order valence-electron chi connectivity index (χ3n) is 3.63. The average molecular weight is 289 g/mol. The lowest BCUT2D eigenvalue weighted by atomic mass is 10.0. The third-order valence-corrected chi connectivity index (χ3v) is 3.63. The minimum Gasteiger partial charge on any atom is -0.378 e. The van der Waals surface area contributed by atoms with E-state index in [1.807, 2.05) is 6.07 Å². The van der Waals surface area contributed by atoms with Crippen LogP contribution in [0, 0.1) is 18.6 Å². The maximum Gasteiger partial charge on any atom is 0.128 e. The highest BCUT2D eigenvalue weighted by Crippen LogP contribution is 2.26. The Kier molecular flexibility index (Phi) is 5.32. The van der Waals surface area contributed by atoms with E-state index in [-0.39, 0.29) is 17.7 Å². The second-order valence-electron chi connectivity index (χ2n) is 5.35. The molecular formula is C18H21F2N. The highest BCUT2D eigenvalue weighted by atomic mass is 19.1. The fourth-order valence-corrected chi connectivity index (χ4v) is 2.31. The molecule has 1 atom stereocenters. The van der Waals surface area contributed by atoms with Crippen molar-refractivity contribution in [1.82, 2.24) is 0 Å².